The van der Waals surface area contributed by atoms with Gasteiger partial charge in [0.25, 0.3) is 0 Å². The normalized spacial score (nSPS) is 15.9. The number of piperidine rings is 1. The Morgan fingerprint density at radius 3 is 2.96 bits per heavy atom. The molecule has 4 rings (SSSR count). The van der Waals surface area contributed by atoms with Crippen LogP contribution in [0.3, 0.4) is 0 Å². The molecule has 1 aliphatic rings. The molecule has 0 spiro atoms. The second-order valence-corrected chi connectivity index (χ2v) is 9.54. The van der Waals surface area contributed by atoms with Crippen LogP contribution in [0.5, 0.6) is 0 Å². The van der Waals surface area contributed by atoms with E-state index >= 15 is 0 Å². The third-order valence-electron chi connectivity index (χ3n) is 4.92. The van der Waals surface area contributed by atoms with Crippen molar-refractivity contribution in [2.45, 2.75) is 37.6 Å². The smallest absolute Gasteiger partial charge is 0.229 e. The first-order valence-corrected chi connectivity index (χ1v) is 11.4. The number of aryl methyl sites for hydroxylation is 1. The number of hydrogen-bond donors (Lipinski definition) is 2. The molecule has 0 aliphatic carbocycles. The van der Waals surface area contributed by atoms with E-state index in [1.54, 1.807) is 11.8 Å². The monoisotopic (exact) mass is 416 g/mol. The highest BCUT2D eigenvalue weighted by Gasteiger charge is 2.26. The number of nitrogens with zero attached hydrogens (tertiary/aromatic N) is 4. The van der Waals surface area contributed by atoms with Crippen LogP contribution in [0, 0.1) is 12.8 Å². The Morgan fingerprint density at radius 1 is 1.36 bits per heavy atom. The molecule has 1 amide bonds. The van der Waals surface area contributed by atoms with Crippen LogP contribution in [0.1, 0.15) is 31.2 Å². The first-order valence-electron chi connectivity index (χ1n) is 9.55. The number of carbonyl (C=O) groups is 1. The van der Waals surface area contributed by atoms with Crippen LogP contribution >= 0.6 is 23.1 Å². The zero-order valence-corrected chi connectivity index (χ0v) is 17.7. The summed E-state index contributed by atoms with van der Waals surface area (Å²) in [4.78, 5) is 23.0. The molecular formula is C19H24N6OS2. The summed E-state index contributed by atoms with van der Waals surface area (Å²) in [5.74, 6) is 2.02. The van der Waals surface area contributed by atoms with Crippen LogP contribution < -0.4 is 5.32 Å². The third-order valence-corrected chi connectivity index (χ3v) is 6.78. The molecule has 148 valence electrons. The van der Waals surface area contributed by atoms with Gasteiger partial charge in [-0.1, -0.05) is 36.1 Å². The Labute approximate surface area is 172 Å². The number of carbonyl (C=O) groups excluding carboxylic acids is 1. The lowest BCUT2D eigenvalue weighted by Crippen LogP contribution is -2.38. The Hall–Kier alpha value is -1.97. The molecule has 1 aromatic carbocycles. The lowest BCUT2D eigenvalue weighted by molar-refractivity contribution is -0.121. The molecule has 0 saturated carbocycles. The van der Waals surface area contributed by atoms with Crippen LogP contribution in [0.4, 0.5) is 5.13 Å². The molecule has 2 aromatic heterocycles. The number of H-pyrrole nitrogens is 1. The Kier molecular flexibility index (Phi) is 5.93. The van der Waals surface area contributed by atoms with Crippen molar-refractivity contribution in [1.82, 2.24) is 25.1 Å². The van der Waals surface area contributed by atoms with Gasteiger partial charge in [0.15, 0.2) is 4.34 Å². The SMILES string of the molecule is CCSc1nnc(NC(=O)C2CCN(Cc3nc4ccc(C)cc4[nH]3)CC2)s1. The van der Waals surface area contributed by atoms with Crippen molar-refractivity contribution in [3.05, 3.63) is 29.6 Å². The van der Waals surface area contributed by atoms with Crippen molar-refractivity contribution in [2.24, 2.45) is 5.92 Å². The van der Waals surface area contributed by atoms with E-state index in [4.69, 9.17) is 0 Å². The molecule has 3 aromatic rings. The maximum Gasteiger partial charge on any atom is 0.229 e. The lowest BCUT2D eigenvalue weighted by Gasteiger charge is -2.30. The van der Waals surface area contributed by atoms with Crippen molar-refractivity contribution in [3.63, 3.8) is 0 Å². The van der Waals surface area contributed by atoms with Gasteiger partial charge in [-0.2, -0.15) is 0 Å². The lowest BCUT2D eigenvalue weighted by atomic mass is 9.96. The first-order chi connectivity index (χ1) is 13.6. The van der Waals surface area contributed by atoms with E-state index in [1.165, 1.54) is 16.9 Å². The van der Waals surface area contributed by atoms with Crippen molar-refractivity contribution >= 4 is 45.2 Å². The van der Waals surface area contributed by atoms with Crippen molar-refractivity contribution in [3.8, 4) is 0 Å². The molecule has 28 heavy (non-hydrogen) atoms. The fourth-order valence-corrected chi connectivity index (χ4v) is 5.12. The summed E-state index contributed by atoms with van der Waals surface area (Å²) in [5, 5.41) is 11.7. The van der Waals surface area contributed by atoms with E-state index in [1.807, 2.05) is 0 Å². The molecule has 1 saturated heterocycles. The van der Waals surface area contributed by atoms with Crippen LogP contribution in [0.2, 0.25) is 0 Å². The molecule has 1 aliphatic heterocycles. The summed E-state index contributed by atoms with van der Waals surface area (Å²) in [6, 6.07) is 6.26. The number of likely N-dealkylation sites (tertiary alicyclic amines) is 1. The van der Waals surface area contributed by atoms with E-state index in [0.717, 1.165) is 59.4 Å². The van der Waals surface area contributed by atoms with Crippen molar-refractivity contribution < 1.29 is 4.79 Å². The number of aromatic nitrogens is 4. The van der Waals surface area contributed by atoms with Crippen LogP contribution in [-0.2, 0) is 11.3 Å². The van der Waals surface area contributed by atoms with Crippen molar-refractivity contribution in [2.75, 3.05) is 24.2 Å². The average molecular weight is 417 g/mol. The van der Waals surface area contributed by atoms with E-state index in [0.29, 0.717) is 5.13 Å². The summed E-state index contributed by atoms with van der Waals surface area (Å²) >= 11 is 3.08. The number of nitrogens with one attached hydrogen (secondary N) is 2. The van der Waals surface area contributed by atoms with Gasteiger partial charge >= 0.3 is 0 Å². The minimum atomic E-state index is 0.0285. The second-order valence-electron chi connectivity index (χ2n) is 7.05. The predicted molar refractivity (Wildman–Crippen MR) is 114 cm³/mol. The molecular weight excluding hydrogens is 392 g/mol. The van der Waals surface area contributed by atoms with Gasteiger partial charge in [-0.3, -0.25) is 9.69 Å². The number of fused-ring (bicyclic) bond motifs is 1. The molecule has 7 nitrogen and oxygen atoms in total. The maximum absolute atomic E-state index is 12.5. The Bertz CT molecular complexity index is 960. The summed E-state index contributed by atoms with van der Waals surface area (Å²) in [7, 11) is 0. The number of anilines is 1. The summed E-state index contributed by atoms with van der Waals surface area (Å²) in [6.07, 6.45) is 1.70. The zero-order chi connectivity index (χ0) is 19.5. The van der Waals surface area contributed by atoms with Gasteiger partial charge in [0, 0.05) is 5.92 Å². The molecule has 0 radical (unpaired) electrons. The number of rotatable bonds is 6. The quantitative estimate of drug-likeness (QED) is 0.471. The largest absolute Gasteiger partial charge is 0.341 e. The molecule has 2 N–H and O–H groups in total. The number of benzene rings is 1. The van der Waals surface area contributed by atoms with Gasteiger partial charge in [0.2, 0.25) is 11.0 Å². The summed E-state index contributed by atoms with van der Waals surface area (Å²) in [6.45, 7) is 6.73. The van der Waals surface area contributed by atoms with Crippen molar-refractivity contribution in [1.29, 1.82) is 0 Å². The van der Waals surface area contributed by atoms with E-state index in [9.17, 15) is 4.79 Å². The molecule has 0 unspecified atom stereocenters. The van der Waals surface area contributed by atoms with Crippen LogP contribution in [-0.4, -0.2) is 49.8 Å². The average Bonchev–Trinajstić information content (AvgIpc) is 3.28. The van der Waals surface area contributed by atoms with Gasteiger partial charge in [0.05, 0.1) is 17.6 Å². The first kappa shape index (κ1) is 19.4. The number of aromatic amines is 1. The second kappa shape index (κ2) is 8.59. The summed E-state index contributed by atoms with van der Waals surface area (Å²) in [5.41, 5.74) is 3.32. The van der Waals surface area contributed by atoms with Gasteiger partial charge in [0.1, 0.15) is 5.82 Å². The molecule has 0 bridgehead atoms. The highest BCUT2D eigenvalue weighted by atomic mass is 32.2. The fraction of sp³-hybridized carbons (Fsp3) is 0.474. The minimum absolute atomic E-state index is 0.0285. The Morgan fingerprint density at radius 2 is 2.18 bits per heavy atom. The van der Waals surface area contributed by atoms with Gasteiger partial charge in [-0.15, -0.1) is 10.2 Å². The van der Waals surface area contributed by atoms with E-state index in [-0.39, 0.29) is 11.8 Å². The zero-order valence-electron chi connectivity index (χ0n) is 16.1. The van der Waals surface area contributed by atoms with Crippen LogP contribution in [0.15, 0.2) is 22.5 Å². The number of imidazole rings is 1. The van der Waals surface area contributed by atoms with E-state index in [2.05, 4.69) is 62.4 Å². The summed E-state index contributed by atoms with van der Waals surface area (Å²) < 4.78 is 0.897. The van der Waals surface area contributed by atoms with E-state index < -0.39 is 0 Å². The molecule has 1 fully saturated rings. The van der Waals surface area contributed by atoms with Crippen LogP contribution in [0.25, 0.3) is 11.0 Å². The minimum Gasteiger partial charge on any atom is -0.341 e. The number of thioether (sulfide) groups is 1. The number of hydrogen-bond acceptors (Lipinski definition) is 7. The van der Waals surface area contributed by atoms with Gasteiger partial charge in [-0.25, -0.2) is 4.98 Å². The van der Waals surface area contributed by atoms with Gasteiger partial charge in [-0.05, 0) is 56.3 Å². The topological polar surface area (TPSA) is 86.8 Å². The maximum atomic E-state index is 12.5. The standard InChI is InChI=1S/C19H24N6OS2/c1-3-27-19-24-23-18(28-19)22-17(26)13-6-8-25(9-7-13)11-16-20-14-5-4-12(2)10-15(14)21-16/h4-5,10,13H,3,6-9,11H2,1-2H3,(H,20,21)(H,22,23,26). The predicted octanol–water partition coefficient (Wildman–Crippen LogP) is 3.69. The Balaban J connectivity index is 1.29. The molecule has 3 heterocycles. The van der Waals surface area contributed by atoms with Gasteiger partial charge < -0.3 is 10.3 Å². The highest BCUT2D eigenvalue weighted by Crippen LogP contribution is 2.27. The molecule has 0 atom stereocenters. The molecule has 9 heteroatoms. The third kappa shape index (κ3) is 4.53. The number of amides is 1. The fourth-order valence-electron chi connectivity index (χ4n) is 3.47. The highest BCUT2D eigenvalue weighted by molar-refractivity contribution is 8.01.